The van der Waals surface area contributed by atoms with Gasteiger partial charge in [0.25, 0.3) is 0 Å². The molecule has 0 saturated heterocycles. The van der Waals surface area contributed by atoms with Crippen molar-refractivity contribution in [3.63, 3.8) is 0 Å². The Kier molecular flexibility index (Phi) is 17.3. The highest BCUT2D eigenvalue weighted by Gasteiger charge is 2.39. The molecule has 338 valence electrons. The summed E-state index contributed by atoms with van der Waals surface area (Å²) in [5.74, 6) is -4.52. The van der Waals surface area contributed by atoms with Crippen molar-refractivity contribution in [2.45, 2.75) is 118 Å². The maximum absolute atomic E-state index is 13.7. The largest absolute Gasteiger partial charge is 0.493 e. The van der Waals surface area contributed by atoms with E-state index in [1.165, 1.54) is 12.1 Å². The van der Waals surface area contributed by atoms with Crippen LogP contribution in [0, 0.1) is 11.8 Å². The van der Waals surface area contributed by atoms with Gasteiger partial charge >= 0.3 is 24.0 Å². The molecule has 13 heteroatoms. The minimum Gasteiger partial charge on any atom is -0.493 e. The smallest absolute Gasteiger partial charge is 0.412 e. The molecule has 13 nitrogen and oxygen atoms in total. The summed E-state index contributed by atoms with van der Waals surface area (Å²) in [5.41, 5.74) is 7.17. The van der Waals surface area contributed by atoms with E-state index in [1.54, 1.807) is 74.4 Å². The summed E-state index contributed by atoms with van der Waals surface area (Å²) < 4.78 is 35.0. The first kappa shape index (κ1) is 49.3. The van der Waals surface area contributed by atoms with E-state index < -0.39 is 65.0 Å². The lowest BCUT2D eigenvalue weighted by molar-refractivity contribution is -0.170. The molecule has 0 aromatic heterocycles. The van der Waals surface area contributed by atoms with Crippen LogP contribution >= 0.6 is 0 Å². The van der Waals surface area contributed by atoms with E-state index in [-0.39, 0.29) is 37.6 Å². The number of carbonyl (C=O) groups excluding carboxylic acids is 5. The van der Waals surface area contributed by atoms with Gasteiger partial charge in [-0.1, -0.05) is 72.8 Å². The van der Waals surface area contributed by atoms with Gasteiger partial charge in [-0.3, -0.25) is 19.7 Å². The fourth-order valence-corrected chi connectivity index (χ4v) is 6.51. The van der Waals surface area contributed by atoms with Crippen molar-refractivity contribution in [3.8, 4) is 11.5 Å². The summed E-state index contributed by atoms with van der Waals surface area (Å²) >= 11 is 0. The van der Waals surface area contributed by atoms with Gasteiger partial charge in [0, 0.05) is 11.8 Å². The van der Waals surface area contributed by atoms with Crippen LogP contribution in [0.3, 0.4) is 0 Å². The molecule has 0 aliphatic carbocycles. The first-order chi connectivity index (χ1) is 29.6. The van der Waals surface area contributed by atoms with Crippen LogP contribution in [0.25, 0.3) is 0 Å². The molecule has 0 radical (unpaired) electrons. The number of benzene rings is 4. The number of carbonyl (C=O) groups is 5. The van der Waals surface area contributed by atoms with Crippen LogP contribution in [0.4, 0.5) is 10.5 Å². The van der Waals surface area contributed by atoms with Gasteiger partial charge in [0.05, 0.1) is 24.9 Å². The molecular formula is C50H62N2O11. The van der Waals surface area contributed by atoms with Crippen LogP contribution in [0.1, 0.15) is 108 Å². The van der Waals surface area contributed by atoms with E-state index >= 15 is 0 Å². The van der Waals surface area contributed by atoms with Gasteiger partial charge in [0.2, 0.25) is 5.91 Å². The molecule has 1 unspecified atom stereocenters. The van der Waals surface area contributed by atoms with E-state index in [0.29, 0.717) is 29.8 Å². The number of amides is 2. The van der Waals surface area contributed by atoms with Crippen molar-refractivity contribution in [1.29, 1.82) is 0 Å². The Morgan fingerprint density at radius 1 is 0.635 bits per heavy atom. The van der Waals surface area contributed by atoms with Gasteiger partial charge in [-0.25, -0.2) is 9.59 Å². The third kappa shape index (κ3) is 17.1. The van der Waals surface area contributed by atoms with Gasteiger partial charge in [-0.2, -0.15) is 0 Å². The highest BCUT2D eigenvalue weighted by molar-refractivity contribution is 5.94. The Morgan fingerprint density at radius 2 is 1.24 bits per heavy atom. The number of ether oxygens (including phenoxy) is 6. The molecule has 4 aromatic carbocycles. The molecule has 0 aliphatic rings. The maximum atomic E-state index is 13.7. The van der Waals surface area contributed by atoms with Crippen molar-refractivity contribution < 1.29 is 52.4 Å². The third-order valence-electron chi connectivity index (χ3n) is 9.16. The number of rotatable bonds is 19. The molecule has 0 fully saturated rings. The highest BCUT2D eigenvalue weighted by Crippen LogP contribution is 2.32. The van der Waals surface area contributed by atoms with Crippen molar-refractivity contribution in [1.82, 2.24) is 0 Å². The molecular weight excluding hydrogens is 805 g/mol. The molecule has 4 rings (SSSR count). The number of anilines is 1. The van der Waals surface area contributed by atoms with Crippen LogP contribution in [-0.2, 0) is 59.4 Å². The summed E-state index contributed by atoms with van der Waals surface area (Å²) in [5, 5.41) is 2.69. The lowest BCUT2D eigenvalue weighted by Gasteiger charge is -2.29. The number of esters is 3. The number of hydrogen-bond donors (Lipinski definition) is 2. The Morgan fingerprint density at radius 3 is 1.83 bits per heavy atom. The van der Waals surface area contributed by atoms with Gasteiger partial charge < -0.3 is 34.2 Å². The summed E-state index contributed by atoms with van der Waals surface area (Å²) in [6.07, 6.45) is -0.377. The summed E-state index contributed by atoms with van der Waals surface area (Å²) in [7, 11) is 0. The second-order valence-electron chi connectivity index (χ2n) is 18.2. The SMILES string of the molecule is CC(C)(C)OC(=O)C[C@H](C(=O)OC(C)(C)C)C(Cc1cccc(OCc2ccccc2)c1CCCOc1cc(NC(=O)OC(C)(C)C)ccc1C(=O)OCc1ccccc1)C(N)=O. The number of primary amides is 1. The zero-order valence-corrected chi connectivity index (χ0v) is 37.9. The second-order valence-corrected chi connectivity index (χ2v) is 18.2. The van der Waals surface area contributed by atoms with E-state index in [0.717, 1.165) is 16.7 Å². The average molecular weight is 867 g/mol. The first-order valence-electron chi connectivity index (χ1n) is 21.1. The molecule has 63 heavy (non-hydrogen) atoms. The lowest BCUT2D eigenvalue weighted by atomic mass is 9.82. The van der Waals surface area contributed by atoms with Gasteiger partial charge in [-0.05, 0) is 122 Å². The maximum Gasteiger partial charge on any atom is 0.412 e. The zero-order chi connectivity index (χ0) is 46.4. The second kappa shape index (κ2) is 22.1. The normalized spacial score (nSPS) is 12.6. The van der Waals surface area contributed by atoms with Crippen LogP contribution in [0.5, 0.6) is 11.5 Å². The van der Waals surface area contributed by atoms with Crippen molar-refractivity contribution >= 4 is 35.6 Å². The fourth-order valence-electron chi connectivity index (χ4n) is 6.51. The Bertz CT molecular complexity index is 2170. The Labute approximate surface area is 370 Å². The van der Waals surface area contributed by atoms with Gasteiger partial charge in [-0.15, -0.1) is 0 Å². The van der Waals surface area contributed by atoms with Crippen molar-refractivity contribution in [3.05, 3.63) is 125 Å². The number of nitrogens with one attached hydrogen (secondary N) is 1. The lowest BCUT2D eigenvalue weighted by Crippen LogP contribution is -2.41. The van der Waals surface area contributed by atoms with Crippen LogP contribution in [0.15, 0.2) is 97.1 Å². The Balaban J connectivity index is 1.65. The molecule has 2 atom stereocenters. The minimum atomic E-state index is -1.25. The molecule has 3 N–H and O–H groups in total. The predicted octanol–water partition coefficient (Wildman–Crippen LogP) is 9.31. The Hall–Kier alpha value is -6.37. The fraction of sp³-hybridized carbons (Fsp3) is 0.420. The van der Waals surface area contributed by atoms with Gasteiger partial charge in [0.1, 0.15) is 47.1 Å². The molecule has 4 aromatic rings. The standard InChI is InChI=1S/C50H62N2O11/c1-48(2,3)61-43(53)30-40(46(56)62-49(4,5)6)39(44(51)54)28-35-22-16-24-41(59-31-33-18-12-10-13-19-33)37(35)23-17-27-58-42-29-36(52-47(57)63-50(7,8)9)25-26-38(42)45(55)60-32-34-20-14-11-15-21-34/h10-16,18-22,24-26,29,39-40H,17,23,27-28,30-32H2,1-9H3,(H2,51,54)(H,52,57)/t39?,40-/m0/s1. The quantitative estimate of drug-likeness (QED) is 0.0521. The number of nitrogens with two attached hydrogens (primary N) is 1. The molecule has 2 amide bonds. The summed E-state index contributed by atoms with van der Waals surface area (Å²) in [4.78, 5) is 66.3. The van der Waals surface area contributed by atoms with Crippen LogP contribution in [-0.4, -0.2) is 53.3 Å². The molecule has 0 saturated carbocycles. The average Bonchev–Trinajstić information content (AvgIpc) is 3.18. The highest BCUT2D eigenvalue weighted by atomic mass is 16.6. The van der Waals surface area contributed by atoms with Crippen molar-refractivity contribution in [2.75, 3.05) is 11.9 Å². The monoisotopic (exact) mass is 866 g/mol. The van der Waals surface area contributed by atoms with E-state index in [4.69, 9.17) is 34.2 Å². The molecule has 0 bridgehead atoms. The van der Waals surface area contributed by atoms with Crippen LogP contribution in [0.2, 0.25) is 0 Å². The van der Waals surface area contributed by atoms with E-state index in [2.05, 4.69) is 5.32 Å². The zero-order valence-electron chi connectivity index (χ0n) is 37.9. The third-order valence-corrected chi connectivity index (χ3v) is 9.16. The van der Waals surface area contributed by atoms with Crippen molar-refractivity contribution in [2.24, 2.45) is 17.6 Å². The predicted molar refractivity (Wildman–Crippen MR) is 239 cm³/mol. The minimum absolute atomic E-state index is 0.0173. The molecule has 0 heterocycles. The van der Waals surface area contributed by atoms with Gasteiger partial charge in [0.15, 0.2) is 0 Å². The van der Waals surface area contributed by atoms with E-state index in [9.17, 15) is 24.0 Å². The van der Waals surface area contributed by atoms with Crippen LogP contribution < -0.4 is 20.5 Å². The molecule has 0 spiro atoms. The topological polar surface area (TPSA) is 179 Å². The number of hydrogen-bond acceptors (Lipinski definition) is 11. The first-order valence-corrected chi connectivity index (χ1v) is 21.1. The summed E-state index contributed by atoms with van der Waals surface area (Å²) in [6, 6.07) is 28.9. The molecule has 0 aliphatic heterocycles. The summed E-state index contributed by atoms with van der Waals surface area (Å²) in [6.45, 7) is 15.9. The van der Waals surface area contributed by atoms with E-state index in [1.807, 2.05) is 72.8 Å².